The van der Waals surface area contributed by atoms with Gasteiger partial charge in [0.15, 0.2) is 5.79 Å². The van der Waals surface area contributed by atoms with Crippen molar-refractivity contribution in [3.05, 3.63) is 69.8 Å². The van der Waals surface area contributed by atoms with E-state index in [-0.39, 0.29) is 19.4 Å². The summed E-state index contributed by atoms with van der Waals surface area (Å²) in [6.45, 7) is 0.322. The Morgan fingerprint density at radius 3 is 1.78 bits per heavy atom. The fourth-order valence-electron chi connectivity index (χ4n) is 12.2. The van der Waals surface area contributed by atoms with E-state index < -0.39 is 36.3 Å². The first kappa shape index (κ1) is 25.8. The summed E-state index contributed by atoms with van der Waals surface area (Å²) < 4.78 is 15.1. The van der Waals surface area contributed by atoms with Crippen LogP contribution in [0.25, 0.3) is 86.4 Å². The SMILES string of the molecule is OCC1OC2(OCCn3c4c5cc6c7c8c(cc9ccc%10cc%11c%12c%13c(cc(c3c%13c(c3c8c9c%10c%123)c74)CC5)C%11)C6)CCC1(O)C(O)C2O. The van der Waals surface area contributed by atoms with Crippen molar-refractivity contribution < 1.29 is 29.9 Å². The highest BCUT2D eigenvalue weighted by Gasteiger charge is 2.66. The molecule has 8 aromatic carbocycles. The van der Waals surface area contributed by atoms with Gasteiger partial charge in [0.1, 0.15) is 23.9 Å². The van der Waals surface area contributed by atoms with E-state index in [2.05, 4.69) is 41.0 Å². The number of ether oxygens (including phenoxy) is 2. The highest BCUT2D eigenvalue weighted by Crippen LogP contribution is 2.61. The highest BCUT2D eigenvalue weighted by atomic mass is 16.7. The fraction of sp³-hybridized carbons (Fsp3) is 0.333. The van der Waals surface area contributed by atoms with Crippen molar-refractivity contribution >= 4 is 86.4 Å². The number of benzene rings is 7. The molecule has 9 aromatic rings. The summed E-state index contributed by atoms with van der Waals surface area (Å²) in [7, 11) is 0. The monoisotopic (exact) mass is 645 g/mol. The van der Waals surface area contributed by atoms with Crippen LogP contribution in [-0.2, 0) is 41.7 Å². The van der Waals surface area contributed by atoms with Gasteiger partial charge >= 0.3 is 0 Å². The van der Waals surface area contributed by atoms with E-state index in [9.17, 15) is 20.4 Å². The van der Waals surface area contributed by atoms with Crippen LogP contribution in [0, 0.1) is 0 Å². The summed E-state index contributed by atoms with van der Waals surface area (Å²) in [5, 5.41) is 63.2. The van der Waals surface area contributed by atoms with E-state index in [1.807, 2.05) is 0 Å². The van der Waals surface area contributed by atoms with Crippen LogP contribution in [0.4, 0.5) is 0 Å². The summed E-state index contributed by atoms with van der Waals surface area (Å²) >= 11 is 0. The van der Waals surface area contributed by atoms with Crippen LogP contribution in [0.15, 0.2) is 36.4 Å². The van der Waals surface area contributed by atoms with Gasteiger partial charge in [-0.3, -0.25) is 0 Å². The zero-order valence-electron chi connectivity index (χ0n) is 26.6. The second-order valence-electron chi connectivity index (χ2n) is 16.0. The van der Waals surface area contributed by atoms with Crippen molar-refractivity contribution in [2.45, 2.75) is 74.8 Å². The van der Waals surface area contributed by atoms with E-state index in [0.29, 0.717) is 6.54 Å². The maximum atomic E-state index is 11.2. The summed E-state index contributed by atoms with van der Waals surface area (Å²) in [6, 6.07) is 14.6. The molecule has 4 bridgehead atoms. The van der Waals surface area contributed by atoms with Crippen molar-refractivity contribution in [1.29, 1.82) is 0 Å². The lowest BCUT2D eigenvalue weighted by Gasteiger charge is -2.58. The third-order valence-corrected chi connectivity index (χ3v) is 14.1. The first-order valence-corrected chi connectivity index (χ1v) is 17.9. The standard InChI is InChI=1S/C42H31NO6/c44-15-24-41(47)5-6-42(49-24,40(46)39(41)45)48-8-7-43-37-18-3-4-19-12-23-14-21-10-17-2-1-16-9-20-13-22(11-18)29-27(20)31-25(16)26(17)32-28(21)30(23)36(38(19)43)34(33(31)32)35(29)37/h1-2,9-12,24,39-40,44-47H,3-8,13-15H2. The topological polar surface area (TPSA) is 104 Å². The number of pyridine rings is 1. The van der Waals surface area contributed by atoms with Gasteiger partial charge in [0.2, 0.25) is 0 Å². The van der Waals surface area contributed by atoms with E-state index in [1.54, 1.807) is 0 Å². The Balaban J connectivity index is 1.10. The molecule has 4 heterocycles. The van der Waals surface area contributed by atoms with Crippen LogP contribution in [0.5, 0.6) is 0 Å². The second-order valence-corrected chi connectivity index (χ2v) is 16.0. The molecule has 1 saturated carbocycles. The van der Waals surface area contributed by atoms with Crippen molar-refractivity contribution in [2.75, 3.05) is 13.2 Å². The number of nitrogens with zero attached hydrogens (tertiary/aromatic N) is 1. The summed E-state index contributed by atoms with van der Waals surface area (Å²) in [6.07, 6.45) is 0.393. The van der Waals surface area contributed by atoms with Crippen molar-refractivity contribution in [3.63, 3.8) is 0 Å². The quantitative estimate of drug-likeness (QED) is 0.141. The zero-order valence-corrected chi connectivity index (χ0v) is 26.6. The number of hydrogen-bond acceptors (Lipinski definition) is 6. The molecule has 2 saturated heterocycles. The Bertz CT molecular complexity index is 2840. The van der Waals surface area contributed by atoms with Gasteiger partial charge in [-0.1, -0.05) is 36.4 Å². The predicted molar refractivity (Wildman–Crippen MR) is 189 cm³/mol. The molecule has 5 unspecified atom stereocenters. The van der Waals surface area contributed by atoms with Crippen LogP contribution < -0.4 is 0 Å². The van der Waals surface area contributed by atoms with Gasteiger partial charge in [-0.05, 0) is 119 Å². The molecule has 240 valence electrons. The lowest BCUT2D eigenvalue weighted by atomic mass is 9.70. The van der Waals surface area contributed by atoms with Gasteiger partial charge in [0.05, 0.1) is 24.2 Å². The van der Waals surface area contributed by atoms with Crippen molar-refractivity contribution in [3.8, 4) is 0 Å². The van der Waals surface area contributed by atoms with Crippen molar-refractivity contribution in [2.24, 2.45) is 0 Å². The smallest absolute Gasteiger partial charge is 0.197 e. The van der Waals surface area contributed by atoms with E-state index in [1.165, 1.54) is 120 Å². The van der Waals surface area contributed by atoms with Crippen LogP contribution in [0.2, 0.25) is 0 Å². The zero-order chi connectivity index (χ0) is 32.0. The van der Waals surface area contributed by atoms with Gasteiger partial charge in [-0.2, -0.15) is 0 Å². The minimum Gasteiger partial charge on any atom is -0.394 e. The van der Waals surface area contributed by atoms with Gasteiger partial charge in [0.25, 0.3) is 0 Å². The molecule has 3 fully saturated rings. The van der Waals surface area contributed by atoms with Crippen molar-refractivity contribution in [1.82, 2.24) is 4.57 Å². The molecule has 3 aliphatic heterocycles. The summed E-state index contributed by atoms with van der Waals surface area (Å²) in [5.74, 6) is -1.49. The van der Waals surface area contributed by atoms with E-state index in [0.717, 1.165) is 25.7 Å². The fourth-order valence-corrected chi connectivity index (χ4v) is 12.2. The molecule has 0 spiro atoms. The number of aliphatic hydroxyl groups excluding tert-OH is 3. The molecular formula is C42H31NO6. The van der Waals surface area contributed by atoms with Gasteiger partial charge < -0.3 is 34.5 Å². The second kappa shape index (κ2) is 7.64. The minimum atomic E-state index is -1.69. The number of rotatable bonds is 5. The first-order valence-electron chi connectivity index (χ1n) is 17.9. The Hall–Kier alpha value is -4.08. The number of aromatic nitrogens is 1. The number of aliphatic hydroxyl groups is 4. The largest absolute Gasteiger partial charge is 0.394 e. The number of aryl methyl sites for hydroxylation is 2. The molecule has 3 aliphatic carbocycles. The average molecular weight is 646 g/mol. The molecule has 0 radical (unpaired) electrons. The third kappa shape index (κ3) is 2.47. The number of hydrogen-bond donors (Lipinski definition) is 4. The minimum absolute atomic E-state index is 0.182. The van der Waals surface area contributed by atoms with Crippen LogP contribution in [0.3, 0.4) is 0 Å². The normalized spacial score (nSPS) is 28.5. The molecule has 4 N–H and O–H groups in total. The first-order chi connectivity index (χ1) is 23.9. The Morgan fingerprint density at radius 1 is 0.653 bits per heavy atom. The molecule has 5 atom stereocenters. The highest BCUT2D eigenvalue weighted by molar-refractivity contribution is 6.55. The maximum absolute atomic E-state index is 11.2. The third-order valence-electron chi connectivity index (χ3n) is 14.1. The molecule has 7 nitrogen and oxygen atoms in total. The van der Waals surface area contributed by atoms with Crippen LogP contribution in [-0.4, -0.2) is 67.9 Å². The summed E-state index contributed by atoms with van der Waals surface area (Å²) in [4.78, 5) is 0. The molecule has 6 aliphatic rings. The summed E-state index contributed by atoms with van der Waals surface area (Å²) in [5.41, 5.74) is 9.46. The molecule has 7 heteroatoms. The molecule has 0 amide bonds. The average Bonchev–Trinajstić information content (AvgIpc) is 3.75. The predicted octanol–water partition coefficient (Wildman–Crippen LogP) is 5.72. The Kier molecular flexibility index (Phi) is 4.03. The lowest BCUT2D eigenvalue weighted by molar-refractivity contribution is -0.417. The van der Waals surface area contributed by atoms with E-state index >= 15 is 0 Å². The number of fused-ring (bicyclic) bond motifs is 3. The Labute approximate surface area is 278 Å². The molecular weight excluding hydrogens is 614 g/mol. The van der Waals surface area contributed by atoms with Crippen LogP contribution in [0.1, 0.15) is 46.2 Å². The van der Waals surface area contributed by atoms with Crippen LogP contribution >= 0.6 is 0 Å². The van der Waals surface area contributed by atoms with E-state index in [4.69, 9.17) is 9.47 Å². The van der Waals surface area contributed by atoms with Gasteiger partial charge in [-0.25, -0.2) is 0 Å². The molecule has 1 aromatic heterocycles. The molecule has 49 heavy (non-hydrogen) atoms. The van der Waals surface area contributed by atoms with Gasteiger partial charge in [0, 0.05) is 34.5 Å². The lowest BCUT2D eigenvalue weighted by Crippen LogP contribution is -2.76. The Morgan fingerprint density at radius 2 is 1.18 bits per heavy atom. The van der Waals surface area contributed by atoms with Gasteiger partial charge in [-0.15, -0.1) is 0 Å². The molecule has 15 rings (SSSR count). The maximum Gasteiger partial charge on any atom is 0.197 e.